The van der Waals surface area contributed by atoms with Crippen molar-refractivity contribution in [1.29, 1.82) is 0 Å². The Balaban J connectivity index is 1.33. The molecule has 7 nitrogen and oxygen atoms in total. The summed E-state index contributed by atoms with van der Waals surface area (Å²) < 4.78 is 17.8. The standard InChI is InChI=1S/C21H32BN3O4/c1-14-20(5)21(14,6)29-22(28-20)15-11-17(13-23-12-15)25-9-7-16(8-10-25)24-18(26)27-19(2,3)4/h11-14,16H,7-10H2,1-6H3,(H,24,26). The van der Waals surface area contributed by atoms with Gasteiger partial charge in [0.1, 0.15) is 5.60 Å². The molecule has 29 heavy (non-hydrogen) atoms. The highest BCUT2D eigenvalue weighted by molar-refractivity contribution is 6.62. The van der Waals surface area contributed by atoms with Crippen molar-refractivity contribution >= 4 is 24.4 Å². The third-order valence-corrected chi connectivity index (χ3v) is 6.86. The molecule has 1 amide bonds. The number of alkyl carbamates (subject to hydrolysis) is 1. The first-order valence-electron chi connectivity index (χ1n) is 10.6. The first-order chi connectivity index (χ1) is 13.5. The predicted octanol–water partition coefficient (Wildman–Crippen LogP) is 2.48. The minimum Gasteiger partial charge on any atom is -0.444 e. The number of rotatable bonds is 3. The van der Waals surface area contributed by atoms with Crippen LogP contribution in [0.4, 0.5) is 10.5 Å². The molecule has 4 rings (SSSR count). The van der Waals surface area contributed by atoms with E-state index in [4.69, 9.17) is 14.0 Å². The predicted molar refractivity (Wildman–Crippen MR) is 112 cm³/mol. The highest BCUT2D eigenvalue weighted by Crippen LogP contribution is 2.63. The Morgan fingerprint density at radius 2 is 1.86 bits per heavy atom. The number of pyridine rings is 1. The summed E-state index contributed by atoms with van der Waals surface area (Å²) in [5.74, 6) is 0.402. The van der Waals surface area contributed by atoms with Crippen LogP contribution in [0, 0.1) is 5.92 Å². The van der Waals surface area contributed by atoms with E-state index in [0.29, 0.717) is 5.92 Å². The largest absolute Gasteiger partial charge is 0.496 e. The summed E-state index contributed by atoms with van der Waals surface area (Å²) in [4.78, 5) is 18.7. The maximum Gasteiger partial charge on any atom is 0.496 e. The highest BCUT2D eigenvalue weighted by Gasteiger charge is 2.77. The lowest BCUT2D eigenvalue weighted by molar-refractivity contribution is 0.0497. The van der Waals surface area contributed by atoms with Crippen molar-refractivity contribution in [1.82, 2.24) is 10.3 Å². The molecular formula is C21H32BN3O4. The Labute approximate surface area is 173 Å². The molecule has 2 aliphatic heterocycles. The summed E-state index contributed by atoms with van der Waals surface area (Å²) in [6.45, 7) is 13.7. The monoisotopic (exact) mass is 401 g/mol. The fourth-order valence-corrected chi connectivity index (χ4v) is 4.53. The second-order valence-electron chi connectivity index (χ2n) is 9.89. The number of fused-ring (bicyclic) bond motifs is 1. The summed E-state index contributed by atoms with van der Waals surface area (Å²) in [5, 5.41) is 2.98. The molecule has 1 aliphatic carbocycles. The van der Waals surface area contributed by atoms with Crippen molar-refractivity contribution in [3.63, 3.8) is 0 Å². The fraction of sp³-hybridized carbons (Fsp3) is 0.714. The first kappa shape index (κ1) is 20.5. The van der Waals surface area contributed by atoms with Gasteiger partial charge in [0.15, 0.2) is 0 Å². The molecule has 2 saturated heterocycles. The minimum absolute atomic E-state index is 0.132. The number of piperidine rings is 1. The van der Waals surface area contributed by atoms with E-state index < -0.39 is 5.60 Å². The molecule has 1 saturated carbocycles. The van der Waals surface area contributed by atoms with E-state index in [-0.39, 0.29) is 30.5 Å². The molecule has 0 radical (unpaired) electrons. The molecule has 3 heterocycles. The van der Waals surface area contributed by atoms with Gasteiger partial charge in [0.05, 0.1) is 23.1 Å². The zero-order chi connectivity index (χ0) is 21.0. The molecule has 3 fully saturated rings. The lowest BCUT2D eigenvalue weighted by Crippen LogP contribution is -2.46. The smallest absolute Gasteiger partial charge is 0.444 e. The number of nitrogens with one attached hydrogen (secondary N) is 1. The molecule has 0 spiro atoms. The number of amides is 1. The quantitative estimate of drug-likeness (QED) is 0.785. The number of ether oxygens (including phenoxy) is 1. The number of carbonyl (C=O) groups is 1. The van der Waals surface area contributed by atoms with Crippen LogP contribution in [-0.2, 0) is 14.0 Å². The third-order valence-electron chi connectivity index (χ3n) is 6.86. The van der Waals surface area contributed by atoms with Gasteiger partial charge in [0, 0.05) is 36.7 Å². The zero-order valence-corrected chi connectivity index (χ0v) is 18.3. The van der Waals surface area contributed by atoms with Gasteiger partial charge in [-0.3, -0.25) is 4.98 Å². The van der Waals surface area contributed by atoms with E-state index in [1.54, 1.807) is 0 Å². The molecule has 8 heteroatoms. The van der Waals surface area contributed by atoms with E-state index in [2.05, 4.69) is 42.0 Å². The number of hydrogen-bond acceptors (Lipinski definition) is 6. The summed E-state index contributed by atoms with van der Waals surface area (Å²) in [5.41, 5.74) is 1.12. The minimum atomic E-state index is -0.478. The van der Waals surface area contributed by atoms with E-state index in [0.717, 1.165) is 37.1 Å². The van der Waals surface area contributed by atoms with Crippen LogP contribution in [0.1, 0.15) is 54.4 Å². The van der Waals surface area contributed by atoms with Gasteiger partial charge < -0.3 is 24.3 Å². The maximum absolute atomic E-state index is 12.0. The van der Waals surface area contributed by atoms with Crippen molar-refractivity contribution in [3.05, 3.63) is 18.5 Å². The van der Waals surface area contributed by atoms with Gasteiger partial charge >= 0.3 is 13.2 Å². The van der Waals surface area contributed by atoms with Crippen molar-refractivity contribution < 1.29 is 18.8 Å². The molecule has 2 atom stereocenters. The molecule has 0 aromatic carbocycles. The van der Waals surface area contributed by atoms with Gasteiger partial charge in [-0.05, 0) is 53.5 Å². The molecule has 158 valence electrons. The Morgan fingerprint density at radius 1 is 1.24 bits per heavy atom. The van der Waals surface area contributed by atoms with Gasteiger partial charge in [-0.1, -0.05) is 6.92 Å². The van der Waals surface area contributed by atoms with E-state index in [9.17, 15) is 4.79 Å². The van der Waals surface area contributed by atoms with Crippen LogP contribution in [0.3, 0.4) is 0 Å². The summed E-state index contributed by atoms with van der Waals surface area (Å²) in [6, 6.07) is 2.24. The van der Waals surface area contributed by atoms with Crippen LogP contribution >= 0.6 is 0 Å². The molecule has 0 bridgehead atoms. The van der Waals surface area contributed by atoms with Crippen LogP contribution in [-0.4, -0.2) is 54.1 Å². The molecular weight excluding hydrogens is 369 g/mol. The fourth-order valence-electron chi connectivity index (χ4n) is 4.53. The van der Waals surface area contributed by atoms with Crippen LogP contribution < -0.4 is 15.7 Å². The second-order valence-corrected chi connectivity index (χ2v) is 9.89. The number of anilines is 1. The number of hydrogen-bond donors (Lipinski definition) is 1. The lowest BCUT2D eigenvalue weighted by Gasteiger charge is -2.34. The summed E-state index contributed by atoms with van der Waals surface area (Å²) >= 11 is 0. The number of aromatic nitrogens is 1. The number of nitrogens with zero attached hydrogens (tertiary/aromatic N) is 2. The Hall–Kier alpha value is -1.80. The molecule has 1 aromatic rings. The van der Waals surface area contributed by atoms with Gasteiger partial charge in [0.25, 0.3) is 0 Å². The van der Waals surface area contributed by atoms with Gasteiger partial charge in [-0.25, -0.2) is 4.79 Å². The Bertz CT molecular complexity index is 774. The van der Waals surface area contributed by atoms with E-state index in [1.165, 1.54) is 0 Å². The molecule has 1 aromatic heterocycles. The first-order valence-corrected chi connectivity index (χ1v) is 10.6. The average molecular weight is 401 g/mol. The maximum atomic E-state index is 12.0. The van der Waals surface area contributed by atoms with Crippen LogP contribution in [0.2, 0.25) is 0 Å². The zero-order valence-electron chi connectivity index (χ0n) is 18.3. The highest BCUT2D eigenvalue weighted by atomic mass is 16.7. The van der Waals surface area contributed by atoms with Crippen LogP contribution in [0.5, 0.6) is 0 Å². The van der Waals surface area contributed by atoms with E-state index in [1.807, 2.05) is 33.2 Å². The van der Waals surface area contributed by atoms with Gasteiger partial charge in [-0.15, -0.1) is 0 Å². The van der Waals surface area contributed by atoms with Gasteiger partial charge in [0.2, 0.25) is 0 Å². The Kier molecular flexibility index (Phi) is 4.86. The summed E-state index contributed by atoms with van der Waals surface area (Å²) in [7, 11) is -0.361. The van der Waals surface area contributed by atoms with Crippen molar-refractivity contribution in [2.75, 3.05) is 18.0 Å². The van der Waals surface area contributed by atoms with Crippen LogP contribution in [0.15, 0.2) is 18.5 Å². The lowest BCUT2D eigenvalue weighted by atomic mass is 9.79. The second kappa shape index (κ2) is 6.88. The normalized spacial score (nSPS) is 32.1. The third kappa shape index (κ3) is 3.72. The van der Waals surface area contributed by atoms with E-state index >= 15 is 0 Å². The molecule has 1 N–H and O–H groups in total. The topological polar surface area (TPSA) is 72.9 Å². The van der Waals surface area contributed by atoms with Crippen molar-refractivity contribution in [2.24, 2.45) is 5.92 Å². The number of carbonyl (C=O) groups excluding carboxylic acids is 1. The Morgan fingerprint density at radius 3 is 2.45 bits per heavy atom. The van der Waals surface area contributed by atoms with Crippen LogP contribution in [0.25, 0.3) is 0 Å². The molecule has 3 aliphatic rings. The van der Waals surface area contributed by atoms with Crippen molar-refractivity contribution in [2.45, 2.75) is 77.2 Å². The average Bonchev–Trinajstić information content (AvgIpc) is 2.91. The van der Waals surface area contributed by atoms with Gasteiger partial charge in [-0.2, -0.15) is 0 Å². The summed E-state index contributed by atoms with van der Waals surface area (Å²) in [6.07, 6.45) is 5.10. The molecule has 2 unspecified atom stereocenters. The SMILES string of the molecule is CC1C2(C)OB(c3cncc(N4CCC(NC(=O)OC(C)(C)C)CC4)c3)OC12C. The van der Waals surface area contributed by atoms with Crippen molar-refractivity contribution in [3.8, 4) is 0 Å².